The van der Waals surface area contributed by atoms with E-state index in [9.17, 15) is 4.79 Å². The Bertz CT molecular complexity index is 488. The molecule has 0 saturated carbocycles. The molecule has 1 heterocycles. The Hall–Kier alpha value is -1.88. The molecule has 84 valence electrons. The van der Waals surface area contributed by atoms with Gasteiger partial charge in [-0.25, -0.2) is 9.89 Å². The minimum Gasteiger partial charge on any atom is -0.328 e. The van der Waals surface area contributed by atoms with E-state index in [0.29, 0.717) is 6.54 Å². The summed E-state index contributed by atoms with van der Waals surface area (Å²) >= 11 is 0. The van der Waals surface area contributed by atoms with Gasteiger partial charge in [0.1, 0.15) is 6.33 Å². The number of benzene rings is 1. The van der Waals surface area contributed by atoms with Crippen LogP contribution >= 0.6 is 0 Å². The number of aromatic amines is 1. The number of hydrogen-bond donors (Lipinski definition) is 2. The molecule has 1 atom stereocenters. The van der Waals surface area contributed by atoms with E-state index >= 15 is 0 Å². The molecule has 0 aliphatic heterocycles. The van der Waals surface area contributed by atoms with E-state index in [4.69, 9.17) is 5.73 Å². The van der Waals surface area contributed by atoms with Crippen LogP contribution in [0.15, 0.2) is 41.5 Å². The van der Waals surface area contributed by atoms with E-state index in [1.807, 2.05) is 30.3 Å². The van der Waals surface area contributed by atoms with Gasteiger partial charge in [-0.2, -0.15) is 5.10 Å². The van der Waals surface area contributed by atoms with E-state index in [0.717, 1.165) is 12.0 Å². The van der Waals surface area contributed by atoms with Crippen molar-refractivity contribution in [3.8, 4) is 0 Å². The first-order valence-corrected chi connectivity index (χ1v) is 5.16. The van der Waals surface area contributed by atoms with Crippen molar-refractivity contribution >= 4 is 0 Å². The first kappa shape index (κ1) is 10.6. The second kappa shape index (κ2) is 4.76. The van der Waals surface area contributed by atoms with Crippen LogP contribution in [0, 0.1) is 0 Å². The third-order valence-electron chi connectivity index (χ3n) is 2.56. The number of H-pyrrole nitrogens is 1. The highest BCUT2D eigenvalue weighted by Gasteiger charge is 2.12. The molecule has 0 bridgehead atoms. The average Bonchev–Trinajstić information content (AvgIpc) is 2.74. The molecule has 0 aliphatic carbocycles. The highest BCUT2D eigenvalue weighted by Crippen LogP contribution is 2.10. The Labute approximate surface area is 92.9 Å². The predicted molar refractivity (Wildman–Crippen MR) is 61.1 cm³/mol. The Morgan fingerprint density at radius 2 is 2.12 bits per heavy atom. The van der Waals surface area contributed by atoms with Crippen LogP contribution in [0.5, 0.6) is 0 Å². The van der Waals surface area contributed by atoms with Crippen molar-refractivity contribution in [3.63, 3.8) is 0 Å². The SMILES string of the molecule is NCC(Cc1ccccc1)n1cn[nH]c1=O. The third-order valence-corrected chi connectivity index (χ3v) is 2.56. The van der Waals surface area contributed by atoms with Gasteiger partial charge in [0.2, 0.25) is 0 Å². The lowest BCUT2D eigenvalue weighted by molar-refractivity contribution is 0.494. The molecule has 0 saturated heterocycles. The normalized spacial score (nSPS) is 12.6. The van der Waals surface area contributed by atoms with Crippen LogP contribution in [0.3, 0.4) is 0 Å². The van der Waals surface area contributed by atoms with E-state index in [2.05, 4.69) is 10.2 Å². The van der Waals surface area contributed by atoms with Gasteiger partial charge in [-0.05, 0) is 12.0 Å². The fraction of sp³-hybridized carbons (Fsp3) is 0.273. The Morgan fingerprint density at radius 1 is 1.38 bits per heavy atom. The molecular weight excluding hydrogens is 204 g/mol. The molecule has 1 aromatic heterocycles. The third kappa shape index (κ3) is 2.20. The number of nitrogens with one attached hydrogen (secondary N) is 1. The molecule has 3 N–H and O–H groups in total. The van der Waals surface area contributed by atoms with Crippen LogP contribution in [0.4, 0.5) is 0 Å². The molecule has 16 heavy (non-hydrogen) atoms. The van der Waals surface area contributed by atoms with Crippen molar-refractivity contribution in [1.82, 2.24) is 14.8 Å². The predicted octanol–water partition coefficient (Wildman–Crippen LogP) is 0.314. The van der Waals surface area contributed by atoms with Crippen LogP contribution in [-0.4, -0.2) is 21.3 Å². The van der Waals surface area contributed by atoms with Crippen molar-refractivity contribution < 1.29 is 0 Å². The summed E-state index contributed by atoms with van der Waals surface area (Å²) in [5.74, 6) is 0. The molecule has 5 nitrogen and oxygen atoms in total. The number of nitrogens with zero attached hydrogens (tertiary/aromatic N) is 2. The molecule has 0 aliphatic rings. The largest absolute Gasteiger partial charge is 0.343 e. The highest BCUT2D eigenvalue weighted by molar-refractivity contribution is 5.15. The minimum absolute atomic E-state index is 0.0475. The summed E-state index contributed by atoms with van der Waals surface area (Å²) in [6, 6.07) is 9.91. The van der Waals surface area contributed by atoms with Crippen LogP contribution < -0.4 is 11.4 Å². The lowest BCUT2D eigenvalue weighted by Gasteiger charge is -2.14. The summed E-state index contributed by atoms with van der Waals surface area (Å²) in [5, 5.41) is 6.07. The quantitative estimate of drug-likeness (QED) is 0.775. The summed E-state index contributed by atoms with van der Waals surface area (Å²) in [6.07, 6.45) is 2.22. The fourth-order valence-electron chi connectivity index (χ4n) is 1.70. The molecule has 2 aromatic rings. The molecule has 1 unspecified atom stereocenters. The van der Waals surface area contributed by atoms with Gasteiger partial charge in [0.05, 0.1) is 6.04 Å². The van der Waals surface area contributed by atoms with Gasteiger partial charge in [0, 0.05) is 6.54 Å². The minimum atomic E-state index is -0.216. The Balaban J connectivity index is 2.19. The van der Waals surface area contributed by atoms with Gasteiger partial charge in [-0.15, -0.1) is 0 Å². The smallest absolute Gasteiger partial charge is 0.328 e. The van der Waals surface area contributed by atoms with Gasteiger partial charge in [-0.1, -0.05) is 30.3 Å². The molecule has 5 heteroatoms. The molecule has 0 radical (unpaired) electrons. The van der Waals surface area contributed by atoms with E-state index in [1.54, 1.807) is 0 Å². The lowest BCUT2D eigenvalue weighted by atomic mass is 10.1. The van der Waals surface area contributed by atoms with Gasteiger partial charge in [0.25, 0.3) is 0 Å². The fourth-order valence-corrected chi connectivity index (χ4v) is 1.70. The molecule has 0 fully saturated rings. The summed E-state index contributed by atoms with van der Waals surface area (Å²) < 4.78 is 1.53. The summed E-state index contributed by atoms with van der Waals surface area (Å²) in [5.41, 5.74) is 6.62. The zero-order chi connectivity index (χ0) is 11.4. The van der Waals surface area contributed by atoms with Gasteiger partial charge in [-0.3, -0.25) is 4.57 Å². The molecular formula is C11H14N4O. The topological polar surface area (TPSA) is 76.7 Å². The summed E-state index contributed by atoms with van der Waals surface area (Å²) in [6.45, 7) is 0.411. The van der Waals surface area contributed by atoms with Gasteiger partial charge in [0.15, 0.2) is 0 Å². The molecule has 0 spiro atoms. The van der Waals surface area contributed by atoms with Crippen LogP contribution in [-0.2, 0) is 6.42 Å². The number of rotatable bonds is 4. The number of nitrogens with two attached hydrogens (primary N) is 1. The van der Waals surface area contributed by atoms with Gasteiger partial charge < -0.3 is 5.73 Å². The molecule has 0 amide bonds. The van der Waals surface area contributed by atoms with E-state index in [1.165, 1.54) is 10.9 Å². The maximum absolute atomic E-state index is 11.4. The maximum atomic E-state index is 11.4. The molecule has 2 rings (SSSR count). The second-order valence-electron chi connectivity index (χ2n) is 3.65. The van der Waals surface area contributed by atoms with E-state index < -0.39 is 0 Å². The number of hydrogen-bond acceptors (Lipinski definition) is 3. The Kier molecular flexibility index (Phi) is 3.16. The average molecular weight is 218 g/mol. The van der Waals surface area contributed by atoms with Gasteiger partial charge >= 0.3 is 5.69 Å². The number of aromatic nitrogens is 3. The summed E-state index contributed by atoms with van der Waals surface area (Å²) in [7, 11) is 0. The van der Waals surface area contributed by atoms with Crippen molar-refractivity contribution in [2.75, 3.05) is 6.54 Å². The highest BCUT2D eigenvalue weighted by atomic mass is 16.1. The molecule has 1 aromatic carbocycles. The standard InChI is InChI=1S/C11H14N4O/c12-7-10(15-8-13-14-11(15)16)6-9-4-2-1-3-5-9/h1-5,8,10H,6-7,12H2,(H,14,16). The van der Waals surface area contributed by atoms with Crippen LogP contribution in [0.1, 0.15) is 11.6 Å². The first-order chi connectivity index (χ1) is 7.81. The zero-order valence-corrected chi connectivity index (χ0v) is 8.84. The van der Waals surface area contributed by atoms with E-state index in [-0.39, 0.29) is 11.7 Å². The first-order valence-electron chi connectivity index (χ1n) is 5.16. The maximum Gasteiger partial charge on any atom is 0.343 e. The van der Waals surface area contributed by atoms with Crippen molar-refractivity contribution in [3.05, 3.63) is 52.7 Å². The monoisotopic (exact) mass is 218 g/mol. The lowest BCUT2D eigenvalue weighted by Crippen LogP contribution is -2.28. The van der Waals surface area contributed by atoms with Crippen LogP contribution in [0.25, 0.3) is 0 Å². The van der Waals surface area contributed by atoms with Crippen LogP contribution in [0.2, 0.25) is 0 Å². The summed E-state index contributed by atoms with van der Waals surface area (Å²) in [4.78, 5) is 11.4. The second-order valence-corrected chi connectivity index (χ2v) is 3.65. The van der Waals surface area contributed by atoms with Crippen molar-refractivity contribution in [1.29, 1.82) is 0 Å². The zero-order valence-electron chi connectivity index (χ0n) is 8.84. The van der Waals surface area contributed by atoms with Crippen molar-refractivity contribution in [2.45, 2.75) is 12.5 Å². The van der Waals surface area contributed by atoms with Crippen molar-refractivity contribution in [2.24, 2.45) is 5.73 Å². The Morgan fingerprint density at radius 3 is 2.69 bits per heavy atom.